The molecule has 2 aromatic carbocycles. The highest BCUT2D eigenvalue weighted by Gasteiger charge is 2.10. The van der Waals surface area contributed by atoms with E-state index in [0.29, 0.717) is 21.5 Å². The molecular weight excluding hydrogens is 311 g/mol. The Balaban J connectivity index is 2.18. The summed E-state index contributed by atoms with van der Waals surface area (Å²) in [5, 5.41) is 10.6. The zero-order chi connectivity index (χ0) is 15.4. The van der Waals surface area contributed by atoms with E-state index in [2.05, 4.69) is 0 Å². The zero-order valence-electron chi connectivity index (χ0n) is 11.8. The van der Waals surface area contributed by atoms with Crippen molar-refractivity contribution >= 4 is 23.2 Å². The summed E-state index contributed by atoms with van der Waals surface area (Å²) in [5.74, 6) is 1.14. The third kappa shape index (κ3) is 3.82. The summed E-state index contributed by atoms with van der Waals surface area (Å²) in [4.78, 5) is 0. The van der Waals surface area contributed by atoms with E-state index in [9.17, 15) is 5.11 Å². The summed E-state index contributed by atoms with van der Waals surface area (Å²) in [6.45, 7) is 1.98. The predicted octanol–water partition coefficient (Wildman–Crippen LogP) is 4.63. The number of rotatable bonds is 5. The highest BCUT2D eigenvalue weighted by Crippen LogP contribution is 2.32. The molecule has 112 valence electrons. The van der Waals surface area contributed by atoms with Crippen molar-refractivity contribution in [3.05, 3.63) is 57.6 Å². The molecule has 1 atom stereocenters. The monoisotopic (exact) mass is 326 g/mol. The maximum Gasteiger partial charge on any atom is 0.161 e. The molecule has 0 unspecified atom stereocenters. The second kappa shape index (κ2) is 7.03. The minimum atomic E-state index is -0.560. The lowest BCUT2D eigenvalue weighted by atomic mass is 10.1. The number of methoxy groups -OCH3 is 1. The van der Waals surface area contributed by atoms with Crippen LogP contribution < -0.4 is 9.47 Å². The molecule has 5 heteroatoms. The fraction of sp³-hybridized carbons (Fsp3) is 0.250. The molecule has 0 spiro atoms. The van der Waals surface area contributed by atoms with Gasteiger partial charge in [0.15, 0.2) is 11.5 Å². The van der Waals surface area contributed by atoms with Crippen molar-refractivity contribution in [2.24, 2.45) is 0 Å². The lowest BCUT2D eigenvalue weighted by molar-refractivity contribution is 0.198. The molecule has 21 heavy (non-hydrogen) atoms. The fourth-order valence-electron chi connectivity index (χ4n) is 1.88. The first-order valence-corrected chi connectivity index (χ1v) is 7.20. The number of benzene rings is 2. The quantitative estimate of drug-likeness (QED) is 0.870. The average molecular weight is 327 g/mol. The minimum absolute atomic E-state index is 0.282. The highest BCUT2D eigenvalue weighted by atomic mass is 35.5. The zero-order valence-corrected chi connectivity index (χ0v) is 13.3. The SMILES string of the molecule is COc1cc([C@H](C)O)ccc1OCc1cccc(Cl)c1Cl. The van der Waals surface area contributed by atoms with Crippen LogP contribution in [0.4, 0.5) is 0 Å². The Labute approximate surface area is 134 Å². The smallest absolute Gasteiger partial charge is 0.161 e. The highest BCUT2D eigenvalue weighted by molar-refractivity contribution is 6.42. The summed E-state index contributed by atoms with van der Waals surface area (Å²) in [5.41, 5.74) is 1.56. The second-order valence-electron chi connectivity index (χ2n) is 4.59. The lowest BCUT2D eigenvalue weighted by Crippen LogP contribution is -2.00. The van der Waals surface area contributed by atoms with Gasteiger partial charge in [0.1, 0.15) is 6.61 Å². The van der Waals surface area contributed by atoms with Crippen molar-refractivity contribution in [2.75, 3.05) is 7.11 Å². The lowest BCUT2D eigenvalue weighted by Gasteiger charge is -2.14. The number of aliphatic hydroxyl groups is 1. The van der Waals surface area contributed by atoms with E-state index in [-0.39, 0.29) is 6.61 Å². The van der Waals surface area contributed by atoms with Gasteiger partial charge >= 0.3 is 0 Å². The normalized spacial score (nSPS) is 12.0. The first-order valence-electron chi connectivity index (χ1n) is 6.44. The van der Waals surface area contributed by atoms with Crippen LogP contribution in [0, 0.1) is 0 Å². The fourth-order valence-corrected chi connectivity index (χ4v) is 2.25. The molecule has 0 amide bonds. The Morgan fingerprint density at radius 2 is 1.90 bits per heavy atom. The molecule has 0 aliphatic carbocycles. The summed E-state index contributed by atoms with van der Waals surface area (Å²) in [6, 6.07) is 10.7. The molecule has 1 N–H and O–H groups in total. The molecule has 3 nitrogen and oxygen atoms in total. The molecule has 0 aliphatic heterocycles. The van der Waals surface area contributed by atoms with E-state index >= 15 is 0 Å². The van der Waals surface area contributed by atoms with Gasteiger partial charge in [-0.05, 0) is 30.7 Å². The average Bonchev–Trinajstić information content (AvgIpc) is 2.48. The van der Waals surface area contributed by atoms with Gasteiger partial charge in [-0.2, -0.15) is 0 Å². The molecule has 0 saturated carbocycles. The van der Waals surface area contributed by atoms with E-state index in [1.165, 1.54) is 0 Å². The second-order valence-corrected chi connectivity index (χ2v) is 5.37. The maximum absolute atomic E-state index is 9.58. The van der Waals surface area contributed by atoms with Crippen molar-refractivity contribution in [3.8, 4) is 11.5 Å². The molecule has 0 fully saturated rings. The van der Waals surface area contributed by atoms with Crippen LogP contribution in [0.2, 0.25) is 10.0 Å². The van der Waals surface area contributed by atoms with Gasteiger partial charge in [-0.3, -0.25) is 0 Å². The number of aliphatic hydroxyl groups excluding tert-OH is 1. The van der Waals surface area contributed by atoms with Crippen molar-refractivity contribution < 1.29 is 14.6 Å². The molecule has 2 aromatic rings. The largest absolute Gasteiger partial charge is 0.493 e. The Morgan fingerprint density at radius 3 is 2.57 bits per heavy atom. The number of ether oxygens (including phenoxy) is 2. The van der Waals surface area contributed by atoms with Crippen LogP contribution in [0.5, 0.6) is 11.5 Å². The van der Waals surface area contributed by atoms with Crippen LogP contribution in [0.3, 0.4) is 0 Å². The summed E-state index contributed by atoms with van der Waals surface area (Å²) < 4.78 is 11.0. The topological polar surface area (TPSA) is 38.7 Å². The molecule has 0 aromatic heterocycles. The standard InChI is InChI=1S/C16H16Cl2O3/c1-10(19)11-6-7-14(15(8-11)20-2)21-9-12-4-3-5-13(17)16(12)18/h3-8,10,19H,9H2,1-2H3/t10-/m0/s1. The molecule has 0 heterocycles. The summed E-state index contributed by atoms with van der Waals surface area (Å²) >= 11 is 12.1. The van der Waals surface area contributed by atoms with Gasteiger partial charge in [0.2, 0.25) is 0 Å². The third-order valence-electron chi connectivity index (χ3n) is 3.08. The number of hydrogen-bond donors (Lipinski definition) is 1. The van der Waals surface area contributed by atoms with Crippen LogP contribution in [-0.4, -0.2) is 12.2 Å². The van der Waals surface area contributed by atoms with Crippen molar-refractivity contribution in [1.29, 1.82) is 0 Å². The van der Waals surface area contributed by atoms with E-state index < -0.39 is 6.10 Å². The van der Waals surface area contributed by atoms with Crippen LogP contribution in [0.1, 0.15) is 24.2 Å². The van der Waals surface area contributed by atoms with E-state index in [1.807, 2.05) is 12.1 Å². The first kappa shape index (κ1) is 16.0. The van der Waals surface area contributed by atoms with Crippen LogP contribution in [0.25, 0.3) is 0 Å². The Bertz CT molecular complexity index is 627. The van der Waals surface area contributed by atoms with E-state index in [1.54, 1.807) is 38.3 Å². The van der Waals surface area contributed by atoms with Gasteiger partial charge in [0.05, 0.1) is 23.3 Å². The minimum Gasteiger partial charge on any atom is -0.493 e. The summed E-state index contributed by atoms with van der Waals surface area (Å²) in [6.07, 6.45) is -0.560. The molecule has 0 radical (unpaired) electrons. The Kier molecular flexibility index (Phi) is 5.34. The van der Waals surface area contributed by atoms with Crippen molar-refractivity contribution in [2.45, 2.75) is 19.6 Å². The first-order chi connectivity index (χ1) is 10.0. The molecule has 2 rings (SSSR count). The van der Waals surface area contributed by atoms with Gasteiger partial charge in [-0.1, -0.05) is 41.4 Å². The van der Waals surface area contributed by atoms with Crippen LogP contribution in [0.15, 0.2) is 36.4 Å². The van der Waals surface area contributed by atoms with E-state index in [0.717, 1.165) is 11.1 Å². The van der Waals surface area contributed by atoms with Crippen molar-refractivity contribution in [1.82, 2.24) is 0 Å². The van der Waals surface area contributed by atoms with E-state index in [4.69, 9.17) is 32.7 Å². The molecular formula is C16H16Cl2O3. The molecule has 0 aliphatic rings. The van der Waals surface area contributed by atoms with Gasteiger partial charge < -0.3 is 14.6 Å². The van der Waals surface area contributed by atoms with Crippen LogP contribution >= 0.6 is 23.2 Å². The predicted molar refractivity (Wildman–Crippen MR) is 84.4 cm³/mol. The number of halogens is 2. The van der Waals surface area contributed by atoms with Gasteiger partial charge in [-0.15, -0.1) is 0 Å². The van der Waals surface area contributed by atoms with Gasteiger partial charge in [0.25, 0.3) is 0 Å². The van der Waals surface area contributed by atoms with Gasteiger partial charge in [-0.25, -0.2) is 0 Å². The molecule has 0 saturated heterocycles. The maximum atomic E-state index is 9.58. The Morgan fingerprint density at radius 1 is 1.14 bits per heavy atom. The van der Waals surface area contributed by atoms with Crippen molar-refractivity contribution in [3.63, 3.8) is 0 Å². The number of hydrogen-bond acceptors (Lipinski definition) is 3. The Hall–Kier alpha value is -1.42. The van der Waals surface area contributed by atoms with Crippen LogP contribution in [-0.2, 0) is 6.61 Å². The summed E-state index contributed by atoms with van der Waals surface area (Å²) in [7, 11) is 1.56. The van der Waals surface area contributed by atoms with Gasteiger partial charge in [0, 0.05) is 5.56 Å². The third-order valence-corrected chi connectivity index (χ3v) is 3.94. The molecule has 0 bridgehead atoms.